The highest BCUT2D eigenvalue weighted by Gasteiger charge is 2.06. The first-order valence-corrected chi connectivity index (χ1v) is 5.99. The summed E-state index contributed by atoms with van der Waals surface area (Å²) in [4.78, 5) is 0. The first kappa shape index (κ1) is 15.5. The Morgan fingerprint density at radius 2 is 1.84 bits per heavy atom. The quantitative estimate of drug-likeness (QED) is 0.849. The van der Waals surface area contributed by atoms with Crippen LogP contribution in [0.2, 0.25) is 0 Å². The Bertz CT molecular complexity index is 519. The molecule has 0 spiro atoms. The molecule has 0 aliphatic heterocycles. The van der Waals surface area contributed by atoms with Crippen molar-refractivity contribution in [1.82, 2.24) is 0 Å². The molecule has 19 heavy (non-hydrogen) atoms. The summed E-state index contributed by atoms with van der Waals surface area (Å²) in [6.45, 7) is 1.17. The highest BCUT2D eigenvalue weighted by molar-refractivity contribution is 5.85. The van der Waals surface area contributed by atoms with E-state index in [-0.39, 0.29) is 18.2 Å². The molecule has 2 rings (SSSR count). The van der Waals surface area contributed by atoms with Crippen LogP contribution in [0.15, 0.2) is 48.5 Å². The first-order chi connectivity index (χ1) is 8.81. The molecular weight excluding hydrogens is 265 g/mol. The maximum Gasteiger partial charge on any atom is 0.127 e. The predicted molar refractivity (Wildman–Crippen MR) is 78.3 cm³/mol. The van der Waals surface area contributed by atoms with Crippen LogP contribution >= 0.6 is 12.4 Å². The third-order valence-electron chi connectivity index (χ3n) is 2.63. The average molecular weight is 282 g/mol. The van der Waals surface area contributed by atoms with E-state index >= 15 is 0 Å². The van der Waals surface area contributed by atoms with Gasteiger partial charge < -0.3 is 10.5 Å². The molecule has 0 unspecified atom stereocenters. The van der Waals surface area contributed by atoms with Crippen LogP contribution in [0.5, 0.6) is 5.75 Å². The Labute approximate surface area is 118 Å². The summed E-state index contributed by atoms with van der Waals surface area (Å²) in [6, 6.07) is 14.1. The second-order valence-electron chi connectivity index (χ2n) is 4.00. The summed E-state index contributed by atoms with van der Waals surface area (Å²) in [5.74, 6) is 0.515. The van der Waals surface area contributed by atoms with Crippen LogP contribution in [0.25, 0.3) is 11.1 Å². The number of hydrogen-bond donors (Lipinski definition) is 1. The van der Waals surface area contributed by atoms with E-state index < -0.39 is 0 Å². The van der Waals surface area contributed by atoms with Gasteiger partial charge in [0, 0.05) is 5.56 Å². The minimum atomic E-state index is -0.246. The van der Waals surface area contributed by atoms with Gasteiger partial charge in [0.1, 0.15) is 11.6 Å². The highest BCUT2D eigenvalue weighted by atomic mass is 35.5. The van der Waals surface area contributed by atoms with Gasteiger partial charge in [-0.1, -0.05) is 30.3 Å². The lowest BCUT2D eigenvalue weighted by molar-refractivity contribution is 0.314. The molecule has 0 atom stereocenters. The fourth-order valence-electron chi connectivity index (χ4n) is 1.75. The van der Waals surface area contributed by atoms with E-state index in [1.54, 1.807) is 6.07 Å². The third kappa shape index (κ3) is 4.23. The number of ether oxygens (including phenoxy) is 1. The standard InChI is InChI=1S/C15H16FNO.ClH/c16-13-6-3-5-12(11-13)14-7-1-2-8-15(14)18-10-4-9-17;/h1-3,5-8,11H,4,9-10,17H2;1H. The van der Waals surface area contributed by atoms with Gasteiger partial charge in [-0.15, -0.1) is 12.4 Å². The van der Waals surface area contributed by atoms with E-state index in [0.717, 1.165) is 23.3 Å². The van der Waals surface area contributed by atoms with Crippen LogP contribution in [0, 0.1) is 5.82 Å². The molecule has 2 nitrogen and oxygen atoms in total. The minimum absolute atomic E-state index is 0. The number of nitrogens with two attached hydrogens (primary N) is 1. The average Bonchev–Trinajstić information content (AvgIpc) is 2.40. The molecule has 0 fully saturated rings. The fraction of sp³-hybridized carbons (Fsp3) is 0.200. The Hall–Kier alpha value is -1.58. The lowest BCUT2D eigenvalue weighted by atomic mass is 10.0. The Kier molecular flexibility index (Phi) is 6.33. The summed E-state index contributed by atoms with van der Waals surface area (Å²) in [6.07, 6.45) is 0.803. The number of hydrogen-bond acceptors (Lipinski definition) is 2. The van der Waals surface area contributed by atoms with E-state index in [1.165, 1.54) is 12.1 Å². The van der Waals surface area contributed by atoms with Crippen molar-refractivity contribution in [3.05, 3.63) is 54.3 Å². The maximum absolute atomic E-state index is 13.2. The van der Waals surface area contributed by atoms with Gasteiger partial charge in [-0.25, -0.2) is 4.39 Å². The van der Waals surface area contributed by atoms with Gasteiger partial charge in [0.05, 0.1) is 6.61 Å². The van der Waals surface area contributed by atoms with E-state index in [1.807, 2.05) is 30.3 Å². The lowest BCUT2D eigenvalue weighted by Crippen LogP contribution is -2.06. The highest BCUT2D eigenvalue weighted by Crippen LogP contribution is 2.30. The van der Waals surface area contributed by atoms with Gasteiger partial charge in [0.25, 0.3) is 0 Å². The van der Waals surface area contributed by atoms with Crippen LogP contribution in [0.3, 0.4) is 0 Å². The molecule has 0 amide bonds. The van der Waals surface area contributed by atoms with Crippen molar-refractivity contribution in [3.63, 3.8) is 0 Å². The van der Waals surface area contributed by atoms with Crippen LogP contribution in [0.4, 0.5) is 4.39 Å². The molecule has 0 saturated carbocycles. The van der Waals surface area contributed by atoms with Crippen molar-refractivity contribution >= 4 is 12.4 Å². The number of para-hydroxylation sites is 1. The normalized spacial score (nSPS) is 9.79. The smallest absolute Gasteiger partial charge is 0.127 e. The van der Waals surface area contributed by atoms with Crippen molar-refractivity contribution in [2.24, 2.45) is 5.73 Å². The molecule has 0 saturated heterocycles. The van der Waals surface area contributed by atoms with Crippen molar-refractivity contribution in [3.8, 4) is 16.9 Å². The predicted octanol–water partition coefficient (Wildman–Crippen LogP) is 3.64. The fourth-order valence-corrected chi connectivity index (χ4v) is 1.75. The van der Waals surface area contributed by atoms with E-state index in [0.29, 0.717) is 13.2 Å². The minimum Gasteiger partial charge on any atom is -0.493 e. The van der Waals surface area contributed by atoms with Crippen molar-refractivity contribution in [2.75, 3.05) is 13.2 Å². The summed E-state index contributed by atoms with van der Waals surface area (Å²) in [5.41, 5.74) is 7.15. The Morgan fingerprint density at radius 3 is 2.58 bits per heavy atom. The summed E-state index contributed by atoms with van der Waals surface area (Å²) in [5, 5.41) is 0. The monoisotopic (exact) mass is 281 g/mol. The molecule has 2 aromatic rings. The van der Waals surface area contributed by atoms with Gasteiger partial charge in [0.2, 0.25) is 0 Å². The zero-order valence-electron chi connectivity index (χ0n) is 10.5. The third-order valence-corrected chi connectivity index (χ3v) is 2.63. The molecule has 0 bridgehead atoms. The lowest BCUT2D eigenvalue weighted by Gasteiger charge is -2.11. The second kappa shape index (κ2) is 7.77. The molecule has 0 aromatic heterocycles. The van der Waals surface area contributed by atoms with Gasteiger partial charge in [-0.05, 0) is 36.7 Å². The number of benzene rings is 2. The van der Waals surface area contributed by atoms with Crippen LogP contribution in [-0.4, -0.2) is 13.2 Å². The summed E-state index contributed by atoms with van der Waals surface area (Å²) < 4.78 is 18.9. The molecule has 102 valence electrons. The molecular formula is C15H17ClFNO. The van der Waals surface area contributed by atoms with Gasteiger partial charge in [-0.2, -0.15) is 0 Å². The zero-order valence-corrected chi connectivity index (χ0v) is 11.3. The SMILES string of the molecule is Cl.NCCCOc1ccccc1-c1cccc(F)c1. The molecule has 2 N–H and O–H groups in total. The topological polar surface area (TPSA) is 35.2 Å². The number of rotatable bonds is 5. The Morgan fingerprint density at radius 1 is 1.05 bits per heavy atom. The van der Waals surface area contributed by atoms with Crippen LogP contribution in [0.1, 0.15) is 6.42 Å². The van der Waals surface area contributed by atoms with Crippen molar-refractivity contribution in [1.29, 1.82) is 0 Å². The maximum atomic E-state index is 13.2. The molecule has 0 aliphatic rings. The van der Waals surface area contributed by atoms with Crippen LogP contribution < -0.4 is 10.5 Å². The summed E-state index contributed by atoms with van der Waals surface area (Å²) >= 11 is 0. The van der Waals surface area contributed by atoms with E-state index in [4.69, 9.17) is 10.5 Å². The molecule has 0 heterocycles. The molecule has 0 radical (unpaired) electrons. The largest absolute Gasteiger partial charge is 0.493 e. The molecule has 2 aromatic carbocycles. The van der Waals surface area contributed by atoms with Crippen LogP contribution in [-0.2, 0) is 0 Å². The van der Waals surface area contributed by atoms with Crippen molar-refractivity contribution < 1.29 is 9.13 Å². The van der Waals surface area contributed by atoms with Gasteiger partial charge in [-0.3, -0.25) is 0 Å². The second-order valence-corrected chi connectivity index (χ2v) is 4.00. The molecule has 0 aliphatic carbocycles. The van der Waals surface area contributed by atoms with Gasteiger partial charge >= 0.3 is 0 Å². The Balaban J connectivity index is 0.00000180. The van der Waals surface area contributed by atoms with E-state index in [9.17, 15) is 4.39 Å². The summed E-state index contributed by atoms with van der Waals surface area (Å²) in [7, 11) is 0. The zero-order chi connectivity index (χ0) is 12.8. The number of halogens is 2. The van der Waals surface area contributed by atoms with E-state index in [2.05, 4.69) is 0 Å². The van der Waals surface area contributed by atoms with Gasteiger partial charge in [0.15, 0.2) is 0 Å². The first-order valence-electron chi connectivity index (χ1n) is 5.99. The van der Waals surface area contributed by atoms with Crippen molar-refractivity contribution in [2.45, 2.75) is 6.42 Å². The molecule has 4 heteroatoms.